The summed E-state index contributed by atoms with van der Waals surface area (Å²) in [5.74, 6) is -2.89. The van der Waals surface area contributed by atoms with Crippen molar-refractivity contribution in [1.29, 1.82) is 0 Å². The molecule has 1 unspecified atom stereocenters. The molecule has 1 aliphatic heterocycles. The second kappa shape index (κ2) is 9.60. The Morgan fingerprint density at radius 2 is 1.87 bits per heavy atom. The third kappa shape index (κ3) is 4.02. The maximum atomic E-state index is 13.5. The van der Waals surface area contributed by atoms with Crippen molar-refractivity contribution >= 4 is 45.5 Å². The topological polar surface area (TPSA) is 134 Å². The number of thiazole rings is 1. The fraction of sp³-hybridized carbons (Fsp3) is 0.148. The first-order chi connectivity index (χ1) is 18.2. The number of Topliss-reactive ketones (excluding diaryl/α,β-unsaturated/α-hetero) is 1. The molecular weight excluding hydrogens is 508 g/mol. The van der Waals surface area contributed by atoms with Crippen LogP contribution in [0.3, 0.4) is 0 Å². The minimum atomic E-state index is -1.09. The average Bonchev–Trinajstić information content (AvgIpc) is 3.53. The summed E-state index contributed by atoms with van der Waals surface area (Å²) in [4.78, 5) is 49.6. The summed E-state index contributed by atoms with van der Waals surface area (Å²) in [7, 11) is 0. The van der Waals surface area contributed by atoms with Gasteiger partial charge in [0.05, 0.1) is 23.0 Å². The number of aryl methyl sites for hydroxylation is 2. The van der Waals surface area contributed by atoms with E-state index in [4.69, 9.17) is 4.74 Å². The molecule has 192 valence electrons. The molecule has 3 aromatic heterocycles. The molecule has 0 saturated carbocycles. The number of imidazole rings is 1. The largest absolute Gasteiger partial charge is 0.508 e. The molecule has 4 heterocycles. The number of ketones is 1. The van der Waals surface area contributed by atoms with E-state index in [0.717, 1.165) is 16.2 Å². The van der Waals surface area contributed by atoms with Gasteiger partial charge >= 0.3 is 11.9 Å². The van der Waals surface area contributed by atoms with Crippen molar-refractivity contribution in [2.45, 2.75) is 19.9 Å². The van der Waals surface area contributed by atoms with Crippen molar-refractivity contribution in [3.8, 4) is 5.75 Å². The molecule has 1 saturated heterocycles. The van der Waals surface area contributed by atoms with Crippen LogP contribution in [-0.4, -0.2) is 48.8 Å². The zero-order chi connectivity index (χ0) is 27.1. The number of aromatic hydroxyl groups is 1. The third-order valence-electron chi connectivity index (χ3n) is 6.09. The van der Waals surface area contributed by atoms with Gasteiger partial charge in [-0.2, -0.15) is 0 Å². The average molecular weight is 531 g/mol. The summed E-state index contributed by atoms with van der Waals surface area (Å²) in [5.41, 5.74) is 1.88. The summed E-state index contributed by atoms with van der Waals surface area (Å²) < 4.78 is 6.76. The lowest BCUT2D eigenvalue weighted by molar-refractivity contribution is -0.132. The van der Waals surface area contributed by atoms with E-state index in [-0.39, 0.29) is 33.6 Å². The molecule has 10 nitrogen and oxygen atoms in total. The summed E-state index contributed by atoms with van der Waals surface area (Å²) in [6.07, 6.45) is 3.13. The number of carbonyl (C=O) groups excluding carboxylic acids is 3. The highest BCUT2D eigenvalue weighted by atomic mass is 32.1. The molecule has 5 rings (SSSR count). The Kier molecular flexibility index (Phi) is 6.29. The van der Waals surface area contributed by atoms with Crippen LogP contribution in [0, 0.1) is 13.8 Å². The van der Waals surface area contributed by atoms with Gasteiger partial charge in [-0.25, -0.2) is 14.8 Å². The second-order valence-electron chi connectivity index (χ2n) is 8.53. The number of aliphatic hydroxyl groups is 1. The Labute approximate surface area is 220 Å². The van der Waals surface area contributed by atoms with Gasteiger partial charge in [-0.3, -0.25) is 18.9 Å². The Morgan fingerprint density at radius 1 is 1.13 bits per heavy atom. The number of aromatic nitrogens is 3. The van der Waals surface area contributed by atoms with Gasteiger partial charge in [0.25, 0.3) is 5.78 Å². The van der Waals surface area contributed by atoms with E-state index < -0.39 is 29.5 Å². The number of hydrogen-bond donors (Lipinski definition) is 2. The number of ether oxygens (including phenoxy) is 1. The van der Waals surface area contributed by atoms with E-state index in [1.807, 2.05) is 0 Å². The Bertz CT molecular complexity index is 1650. The van der Waals surface area contributed by atoms with Crippen LogP contribution in [0.1, 0.15) is 38.4 Å². The molecule has 1 atom stereocenters. The highest BCUT2D eigenvalue weighted by molar-refractivity contribution is 7.17. The zero-order valence-corrected chi connectivity index (χ0v) is 21.2. The van der Waals surface area contributed by atoms with E-state index in [0.29, 0.717) is 22.6 Å². The molecule has 1 aromatic carbocycles. The first kappa shape index (κ1) is 24.9. The van der Waals surface area contributed by atoms with E-state index in [1.54, 1.807) is 54.8 Å². The SMILES string of the molecule is C=CCOC(=O)c1sc(N2C(=O)C(=O)/C(=C(/O)c3c(C)nc4ccccn34)C2c2ccc(O)cc2)nc1C. The molecule has 0 bridgehead atoms. The molecule has 1 aliphatic rings. The number of hydrogen-bond acceptors (Lipinski definition) is 9. The van der Waals surface area contributed by atoms with Crippen LogP contribution in [0.5, 0.6) is 5.75 Å². The molecule has 0 aliphatic carbocycles. The molecule has 38 heavy (non-hydrogen) atoms. The number of anilines is 1. The Balaban J connectivity index is 1.71. The number of esters is 1. The lowest BCUT2D eigenvalue weighted by Crippen LogP contribution is -2.29. The summed E-state index contributed by atoms with van der Waals surface area (Å²) >= 11 is 0.901. The first-order valence-corrected chi connectivity index (χ1v) is 12.3. The smallest absolute Gasteiger partial charge is 0.350 e. The summed E-state index contributed by atoms with van der Waals surface area (Å²) in [6.45, 7) is 6.81. The van der Waals surface area contributed by atoms with Crippen LogP contribution in [-0.2, 0) is 14.3 Å². The lowest BCUT2D eigenvalue weighted by atomic mass is 9.96. The maximum absolute atomic E-state index is 13.5. The van der Waals surface area contributed by atoms with Crippen molar-refractivity contribution in [2.75, 3.05) is 11.5 Å². The molecule has 1 amide bonds. The normalized spacial score (nSPS) is 16.8. The Morgan fingerprint density at radius 3 is 2.58 bits per heavy atom. The number of aliphatic hydroxyl groups excluding tert-OH is 1. The zero-order valence-electron chi connectivity index (χ0n) is 20.4. The number of nitrogens with zero attached hydrogens (tertiary/aromatic N) is 4. The predicted octanol–water partition coefficient (Wildman–Crippen LogP) is 4.08. The number of phenolic OH excluding ortho intramolecular Hbond substituents is 1. The van der Waals surface area contributed by atoms with E-state index >= 15 is 0 Å². The maximum Gasteiger partial charge on any atom is 0.350 e. The third-order valence-corrected chi connectivity index (χ3v) is 7.23. The van der Waals surface area contributed by atoms with Crippen LogP contribution in [0.2, 0.25) is 0 Å². The monoisotopic (exact) mass is 530 g/mol. The molecular formula is C27H22N4O6S. The first-order valence-electron chi connectivity index (χ1n) is 11.5. The van der Waals surface area contributed by atoms with Crippen molar-refractivity contribution in [2.24, 2.45) is 0 Å². The van der Waals surface area contributed by atoms with Crippen LogP contribution < -0.4 is 4.90 Å². The van der Waals surface area contributed by atoms with E-state index in [2.05, 4.69) is 16.5 Å². The van der Waals surface area contributed by atoms with Gasteiger partial charge < -0.3 is 14.9 Å². The van der Waals surface area contributed by atoms with Crippen LogP contribution >= 0.6 is 11.3 Å². The van der Waals surface area contributed by atoms with Gasteiger partial charge in [0, 0.05) is 6.20 Å². The molecule has 1 fully saturated rings. The van der Waals surface area contributed by atoms with E-state index in [1.165, 1.54) is 18.2 Å². The number of rotatable bonds is 6. The van der Waals surface area contributed by atoms with Crippen molar-refractivity contribution in [1.82, 2.24) is 14.4 Å². The minimum Gasteiger partial charge on any atom is -0.508 e. The van der Waals surface area contributed by atoms with Gasteiger partial charge in [-0.05, 0) is 43.7 Å². The van der Waals surface area contributed by atoms with Gasteiger partial charge in [-0.15, -0.1) is 0 Å². The number of amides is 1. The number of phenols is 1. The van der Waals surface area contributed by atoms with Gasteiger partial charge in [0.1, 0.15) is 28.6 Å². The number of fused-ring (bicyclic) bond motifs is 1. The molecule has 0 radical (unpaired) electrons. The Hall–Kier alpha value is -4.77. The second-order valence-corrected chi connectivity index (χ2v) is 9.51. The molecule has 4 aromatic rings. The lowest BCUT2D eigenvalue weighted by Gasteiger charge is -2.23. The summed E-state index contributed by atoms with van der Waals surface area (Å²) in [6, 6.07) is 10.1. The van der Waals surface area contributed by atoms with Crippen molar-refractivity contribution < 1.29 is 29.3 Å². The van der Waals surface area contributed by atoms with Crippen LogP contribution in [0.15, 0.2) is 66.9 Å². The number of pyridine rings is 1. The number of carbonyl (C=O) groups is 3. The highest BCUT2D eigenvalue weighted by Gasteiger charge is 2.49. The molecule has 11 heteroatoms. The van der Waals surface area contributed by atoms with Gasteiger partial charge in [-0.1, -0.05) is 42.2 Å². The highest BCUT2D eigenvalue weighted by Crippen LogP contribution is 2.44. The van der Waals surface area contributed by atoms with Crippen LogP contribution in [0.25, 0.3) is 11.4 Å². The standard InChI is InChI=1S/C27H22N4O6S/c1-4-13-37-26(36)24-15(3)29-27(38-24)31-21(16-8-10-17(32)11-9-16)19(23(34)25(31)35)22(33)20-14(2)28-18-7-5-6-12-30(18)20/h4-12,21,32-33H,1,13H2,2-3H3/b22-19+. The quantitative estimate of drug-likeness (QED) is 0.125. The van der Waals surface area contributed by atoms with Crippen molar-refractivity contribution in [3.05, 3.63) is 94.4 Å². The summed E-state index contributed by atoms with van der Waals surface area (Å²) in [5, 5.41) is 21.5. The number of benzene rings is 1. The van der Waals surface area contributed by atoms with Gasteiger partial charge in [0.2, 0.25) is 0 Å². The molecule has 2 N–H and O–H groups in total. The molecule has 0 spiro atoms. The fourth-order valence-corrected chi connectivity index (χ4v) is 5.39. The van der Waals surface area contributed by atoms with Crippen molar-refractivity contribution in [3.63, 3.8) is 0 Å². The van der Waals surface area contributed by atoms with Gasteiger partial charge in [0.15, 0.2) is 10.9 Å². The van der Waals surface area contributed by atoms with E-state index in [9.17, 15) is 24.6 Å². The fourth-order valence-electron chi connectivity index (χ4n) is 4.40. The predicted molar refractivity (Wildman–Crippen MR) is 140 cm³/mol. The minimum absolute atomic E-state index is 0.00217. The van der Waals surface area contributed by atoms with Crippen LogP contribution in [0.4, 0.5) is 5.13 Å².